The zero-order valence-electron chi connectivity index (χ0n) is 13.2. The maximum Gasteiger partial charge on any atom is 0.159 e. The van der Waals surface area contributed by atoms with Crippen LogP contribution in [0.2, 0.25) is 0 Å². The fraction of sp³-hybridized carbons (Fsp3) is 0.412. The minimum absolute atomic E-state index is 0.0907. The molecule has 0 saturated carbocycles. The number of hydrogen-bond acceptors (Lipinski definition) is 6. The van der Waals surface area contributed by atoms with Gasteiger partial charge < -0.3 is 19.5 Å². The van der Waals surface area contributed by atoms with Crippen molar-refractivity contribution in [1.82, 2.24) is 14.9 Å². The molecule has 1 atom stereocenters. The van der Waals surface area contributed by atoms with Crippen molar-refractivity contribution in [3.63, 3.8) is 0 Å². The first-order valence-electron chi connectivity index (χ1n) is 7.71. The molecule has 0 spiro atoms. The molecule has 3 rings (SSSR count). The van der Waals surface area contributed by atoms with Gasteiger partial charge in [0.2, 0.25) is 0 Å². The second kappa shape index (κ2) is 7.50. The molecule has 0 unspecified atom stereocenters. The number of aliphatic hydroxyl groups is 1. The van der Waals surface area contributed by atoms with E-state index in [4.69, 9.17) is 14.6 Å². The lowest BCUT2D eigenvalue weighted by Crippen LogP contribution is -2.42. The van der Waals surface area contributed by atoms with Crippen LogP contribution in [0.4, 0.5) is 0 Å². The number of hydrogen-bond donors (Lipinski definition) is 1. The van der Waals surface area contributed by atoms with E-state index < -0.39 is 0 Å². The molecule has 1 aliphatic rings. The highest BCUT2D eigenvalue weighted by molar-refractivity contribution is 5.56. The molecule has 0 amide bonds. The predicted molar refractivity (Wildman–Crippen MR) is 86.1 cm³/mol. The number of benzene rings is 1. The number of aromatic nitrogens is 2. The lowest BCUT2D eigenvalue weighted by molar-refractivity contribution is -0.0403. The molecule has 1 aromatic heterocycles. The summed E-state index contributed by atoms with van der Waals surface area (Å²) in [5.74, 6) is 1.39. The van der Waals surface area contributed by atoms with E-state index in [1.807, 2.05) is 24.3 Å². The van der Waals surface area contributed by atoms with Crippen LogP contribution in [0.1, 0.15) is 5.69 Å². The maximum absolute atomic E-state index is 9.14. The summed E-state index contributed by atoms with van der Waals surface area (Å²) < 4.78 is 11.5. The molecule has 1 aliphatic heterocycles. The summed E-state index contributed by atoms with van der Waals surface area (Å²) in [6, 6.07) is 9.33. The van der Waals surface area contributed by atoms with Gasteiger partial charge in [-0.05, 0) is 37.4 Å². The Kier molecular flexibility index (Phi) is 5.17. The van der Waals surface area contributed by atoms with Crippen LogP contribution < -0.4 is 4.74 Å². The van der Waals surface area contributed by atoms with E-state index in [2.05, 4.69) is 21.9 Å². The zero-order chi connectivity index (χ0) is 16.1. The highest BCUT2D eigenvalue weighted by Crippen LogP contribution is 2.20. The van der Waals surface area contributed by atoms with Crippen molar-refractivity contribution in [1.29, 1.82) is 0 Å². The second-order valence-electron chi connectivity index (χ2n) is 5.62. The summed E-state index contributed by atoms with van der Waals surface area (Å²) in [5.41, 5.74) is 1.50. The average molecular weight is 315 g/mol. The first kappa shape index (κ1) is 15.9. The van der Waals surface area contributed by atoms with Crippen molar-refractivity contribution in [2.24, 2.45) is 0 Å². The molecule has 23 heavy (non-hydrogen) atoms. The standard InChI is InChI=1S/C17H21N3O3/c1-20-8-9-22-16(10-20)12-23-15-4-2-13(3-5-15)17-18-7-6-14(11-21)19-17/h2-7,16,21H,8-12H2,1H3/t16-/m1/s1. The third-order valence-corrected chi connectivity index (χ3v) is 3.77. The third-order valence-electron chi connectivity index (χ3n) is 3.77. The Balaban J connectivity index is 1.60. The van der Waals surface area contributed by atoms with Crippen LogP contribution in [0.25, 0.3) is 11.4 Å². The van der Waals surface area contributed by atoms with E-state index in [0.29, 0.717) is 18.1 Å². The largest absolute Gasteiger partial charge is 0.491 e. The Labute approximate surface area is 135 Å². The van der Waals surface area contributed by atoms with Crippen LogP contribution in [0.5, 0.6) is 5.75 Å². The SMILES string of the molecule is CN1CCO[C@@H](COc2ccc(-c3nccc(CO)n3)cc2)C1. The third kappa shape index (κ3) is 4.25. The molecule has 122 valence electrons. The first-order chi connectivity index (χ1) is 11.2. The van der Waals surface area contributed by atoms with Gasteiger partial charge in [-0.1, -0.05) is 0 Å². The fourth-order valence-corrected chi connectivity index (χ4v) is 2.48. The molecule has 2 aromatic rings. The second-order valence-corrected chi connectivity index (χ2v) is 5.62. The van der Waals surface area contributed by atoms with Gasteiger partial charge in [-0.3, -0.25) is 0 Å². The molecular formula is C17H21N3O3. The van der Waals surface area contributed by atoms with Crippen molar-refractivity contribution in [3.05, 3.63) is 42.2 Å². The monoisotopic (exact) mass is 315 g/mol. The lowest BCUT2D eigenvalue weighted by Gasteiger charge is -2.29. The minimum Gasteiger partial charge on any atom is -0.491 e. The predicted octanol–water partition coefficient (Wildman–Crippen LogP) is 1.35. The van der Waals surface area contributed by atoms with Crippen LogP contribution in [-0.2, 0) is 11.3 Å². The first-order valence-corrected chi connectivity index (χ1v) is 7.71. The Morgan fingerprint density at radius 3 is 2.87 bits per heavy atom. The highest BCUT2D eigenvalue weighted by atomic mass is 16.5. The van der Waals surface area contributed by atoms with Crippen LogP contribution in [-0.4, -0.2) is 59.4 Å². The van der Waals surface area contributed by atoms with Gasteiger partial charge in [-0.25, -0.2) is 9.97 Å². The lowest BCUT2D eigenvalue weighted by atomic mass is 10.2. The molecule has 2 heterocycles. The van der Waals surface area contributed by atoms with E-state index in [-0.39, 0.29) is 12.7 Å². The Bertz CT molecular complexity index is 633. The van der Waals surface area contributed by atoms with Crippen LogP contribution >= 0.6 is 0 Å². The summed E-state index contributed by atoms with van der Waals surface area (Å²) in [6.45, 7) is 3.06. The van der Waals surface area contributed by atoms with E-state index in [1.54, 1.807) is 12.3 Å². The van der Waals surface area contributed by atoms with Crippen molar-refractivity contribution >= 4 is 0 Å². The zero-order valence-corrected chi connectivity index (χ0v) is 13.2. The fourth-order valence-electron chi connectivity index (χ4n) is 2.48. The van der Waals surface area contributed by atoms with Crippen molar-refractivity contribution in [2.45, 2.75) is 12.7 Å². The van der Waals surface area contributed by atoms with Crippen LogP contribution in [0.3, 0.4) is 0 Å². The van der Waals surface area contributed by atoms with Crippen LogP contribution in [0.15, 0.2) is 36.5 Å². The van der Waals surface area contributed by atoms with Gasteiger partial charge in [0.15, 0.2) is 5.82 Å². The summed E-state index contributed by atoms with van der Waals surface area (Å²) in [7, 11) is 2.09. The van der Waals surface area contributed by atoms with Gasteiger partial charge in [-0.15, -0.1) is 0 Å². The summed E-state index contributed by atoms with van der Waals surface area (Å²) in [4.78, 5) is 10.8. The number of aliphatic hydroxyl groups excluding tert-OH is 1. The molecule has 1 N–H and O–H groups in total. The molecule has 1 aromatic carbocycles. The summed E-state index contributed by atoms with van der Waals surface area (Å²) >= 11 is 0. The normalized spacial score (nSPS) is 18.8. The smallest absolute Gasteiger partial charge is 0.159 e. The molecule has 1 saturated heterocycles. The number of nitrogens with zero attached hydrogens (tertiary/aromatic N) is 3. The van der Waals surface area contributed by atoms with Gasteiger partial charge in [0.1, 0.15) is 18.5 Å². The van der Waals surface area contributed by atoms with Gasteiger partial charge in [0, 0.05) is 24.8 Å². The van der Waals surface area contributed by atoms with Crippen LogP contribution in [0, 0.1) is 0 Å². The Morgan fingerprint density at radius 1 is 1.30 bits per heavy atom. The quantitative estimate of drug-likeness (QED) is 0.898. The number of ether oxygens (including phenoxy) is 2. The number of rotatable bonds is 5. The molecule has 6 heteroatoms. The molecule has 0 bridgehead atoms. The van der Waals surface area contributed by atoms with E-state index in [0.717, 1.165) is 31.0 Å². The van der Waals surface area contributed by atoms with Crippen molar-refractivity contribution in [3.8, 4) is 17.1 Å². The van der Waals surface area contributed by atoms with E-state index in [1.165, 1.54) is 0 Å². The summed E-state index contributed by atoms with van der Waals surface area (Å²) in [6.07, 6.45) is 1.76. The highest BCUT2D eigenvalue weighted by Gasteiger charge is 2.18. The van der Waals surface area contributed by atoms with Gasteiger partial charge in [0.25, 0.3) is 0 Å². The topological polar surface area (TPSA) is 67.7 Å². The maximum atomic E-state index is 9.14. The van der Waals surface area contributed by atoms with E-state index in [9.17, 15) is 0 Å². The molecule has 0 aliphatic carbocycles. The Hall–Kier alpha value is -2.02. The number of likely N-dealkylation sites (N-methyl/N-ethyl adjacent to an activating group) is 1. The molecule has 1 fully saturated rings. The molecular weight excluding hydrogens is 294 g/mol. The number of morpholine rings is 1. The van der Waals surface area contributed by atoms with E-state index >= 15 is 0 Å². The van der Waals surface area contributed by atoms with Gasteiger partial charge in [-0.2, -0.15) is 0 Å². The molecule has 0 radical (unpaired) electrons. The Morgan fingerprint density at radius 2 is 2.13 bits per heavy atom. The van der Waals surface area contributed by atoms with Crippen molar-refractivity contribution in [2.75, 3.05) is 33.4 Å². The molecule has 6 nitrogen and oxygen atoms in total. The average Bonchev–Trinajstić information content (AvgIpc) is 2.60. The van der Waals surface area contributed by atoms with Gasteiger partial charge in [0.05, 0.1) is 18.9 Å². The minimum atomic E-state index is -0.0907. The van der Waals surface area contributed by atoms with Gasteiger partial charge >= 0.3 is 0 Å². The summed E-state index contributed by atoms with van der Waals surface area (Å²) in [5, 5.41) is 9.14. The van der Waals surface area contributed by atoms with Crippen molar-refractivity contribution < 1.29 is 14.6 Å².